The van der Waals surface area contributed by atoms with Gasteiger partial charge in [-0.3, -0.25) is 9.48 Å². The SMILES string of the molecule is Cc1c(C(=O)NCCOCCN)cnn1C. The zero-order valence-corrected chi connectivity index (χ0v) is 9.69. The van der Waals surface area contributed by atoms with Crippen LogP contribution in [0.1, 0.15) is 16.1 Å². The second-order valence-corrected chi connectivity index (χ2v) is 3.42. The lowest BCUT2D eigenvalue weighted by atomic mass is 10.2. The molecule has 1 aromatic heterocycles. The molecule has 0 saturated carbocycles. The van der Waals surface area contributed by atoms with E-state index in [0.29, 0.717) is 31.9 Å². The molecule has 90 valence electrons. The van der Waals surface area contributed by atoms with Gasteiger partial charge in [-0.2, -0.15) is 5.10 Å². The van der Waals surface area contributed by atoms with Gasteiger partial charge in [0.25, 0.3) is 5.91 Å². The molecule has 0 spiro atoms. The maximum atomic E-state index is 11.7. The number of carbonyl (C=O) groups excluding carboxylic acids is 1. The molecule has 16 heavy (non-hydrogen) atoms. The van der Waals surface area contributed by atoms with Gasteiger partial charge in [0.1, 0.15) is 0 Å². The Morgan fingerprint density at radius 2 is 2.38 bits per heavy atom. The second-order valence-electron chi connectivity index (χ2n) is 3.42. The van der Waals surface area contributed by atoms with Crippen molar-refractivity contribution < 1.29 is 9.53 Å². The van der Waals surface area contributed by atoms with Crippen molar-refractivity contribution in [3.63, 3.8) is 0 Å². The number of rotatable bonds is 6. The minimum absolute atomic E-state index is 0.123. The van der Waals surface area contributed by atoms with E-state index < -0.39 is 0 Å². The topological polar surface area (TPSA) is 82.2 Å². The molecule has 6 nitrogen and oxygen atoms in total. The van der Waals surface area contributed by atoms with Crippen LogP contribution < -0.4 is 11.1 Å². The summed E-state index contributed by atoms with van der Waals surface area (Å²) in [5.74, 6) is -0.123. The fourth-order valence-corrected chi connectivity index (χ4v) is 1.24. The summed E-state index contributed by atoms with van der Waals surface area (Å²) in [4.78, 5) is 11.7. The van der Waals surface area contributed by atoms with Crippen molar-refractivity contribution >= 4 is 5.91 Å². The van der Waals surface area contributed by atoms with Gasteiger partial charge >= 0.3 is 0 Å². The van der Waals surface area contributed by atoms with E-state index in [-0.39, 0.29) is 5.91 Å². The molecule has 0 aromatic carbocycles. The van der Waals surface area contributed by atoms with E-state index >= 15 is 0 Å². The van der Waals surface area contributed by atoms with Crippen molar-refractivity contribution in [2.24, 2.45) is 12.8 Å². The van der Waals surface area contributed by atoms with E-state index in [1.165, 1.54) is 0 Å². The Kier molecular flexibility index (Phi) is 4.94. The lowest BCUT2D eigenvalue weighted by Gasteiger charge is -2.05. The van der Waals surface area contributed by atoms with Gasteiger partial charge < -0.3 is 15.8 Å². The number of amides is 1. The zero-order valence-electron chi connectivity index (χ0n) is 9.69. The van der Waals surface area contributed by atoms with E-state index in [0.717, 1.165) is 5.69 Å². The molecular formula is C10H18N4O2. The van der Waals surface area contributed by atoms with Gasteiger partial charge in [0, 0.05) is 25.8 Å². The molecule has 0 atom stereocenters. The van der Waals surface area contributed by atoms with Gasteiger partial charge in [-0.25, -0.2) is 0 Å². The third-order valence-corrected chi connectivity index (χ3v) is 2.27. The first-order chi connectivity index (χ1) is 7.66. The molecule has 1 rings (SSSR count). The summed E-state index contributed by atoms with van der Waals surface area (Å²) in [5.41, 5.74) is 6.71. The van der Waals surface area contributed by atoms with Crippen molar-refractivity contribution in [3.05, 3.63) is 17.5 Å². The first-order valence-corrected chi connectivity index (χ1v) is 5.21. The van der Waals surface area contributed by atoms with Crippen LogP contribution in [0.2, 0.25) is 0 Å². The van der Waals surface area contributed by atoms with Crippen LogP contribution in [0.25, 0.3) is 0 Å². The summed E-state index contributed by atoms with van der Waals surface area (Å²) < 4.78 is 6.81. The molecule has 0 aliphatic carbocycles. The van der Waals surface area contributed by atoms with Crippen LogP contribution in [0.15, 0.2) is 6.20 Å². The Bertz CT molecular complexity index is 349. The van der Waals surface area contributed by atoms with Gasteiger partial charge in [0.05, 0.1) is 25.0 Å². The lowest BCUT2D eigenvalue weighted by molar-refractivity contribution is 0.0919. The van der Waals surface area contributed by atoms with Crippen LogP contribution in [0.5, 0.6) is 0 Å². The standard InChI is InChI=1S/C10H18N4O2/c1-8-9(7-13-14(8)2)10(15)12-4-6-16-5-3-11/h7H,3-6,11H2,1-2H3,(H,12,15). The van der Waals surface area contributed by atoms with Gasteiger partial charge in [-0.15, -0.1) is 0 Å². The molecule has 3 N–H and O–H groups in total. The van der Waals surface area contributed by atoms with E-state index in [1.54, 1.807) is 17.9 Å². The van der Waals surface area contributed by atoms with Crippen LogP contribution in [0.4, 0.5) is 0 Å². The number of hydrogen-bond donors (Lipinski definition) is 2. The average Bonchev–Trinajstić information content (AvgIpc) is 2.59. The fourth-order valence-electron chi connectivity index (χ4n) is 1.24. The number of nitrogens with zero attached hydrogens (tertiary/aromatic N) is 2. The third kappa shape index (κ3) is 3.32. The Morgan fingerprint density at radius 3 is 2.94 bits per heavy atom. The highest BCUT2D eigenvalue weighted by molar-refractivity contribution is 5.94. The predicted molar refractivity (Wildman–Crippen MR) is 60.2 cm³/mol. The van der Waals surface area contributed by atoms with Crippen LogP contribution >= 0.6 is 0 Å². The lowest BCUT2D eigenvalue weighted by Crippen LogP contribution is -2.28. The number of nitrogens with one attached hydrogen (secondary N) is 1. The number of aromatic nitrogens is 2. The minimum atomic E-state index is -0.123. The summed E-state index contributed by atoms with van der Waals surface area (Å²) in [7, 11) is 1.80. The monoisotopic (exact) mass is 226 g/mol. The number of nitrogens with two attached hydrogens (primary N) is 1. The van der Waals surface area contributed by atoms with Crippen molar-refractivity contribution in [2.75, 3.05) is 26.3 Å². The van der Waals surface area contributed by atoms with Crippen molar-refractivity contribution in [1.29, 1.82) is 0 Å². The Hall–Kier alpha value is -1.40. The van der Waals surface area contributed by atoms with E-state index in [9.17, 15) is 4.79 Å². The second kappa shape index (κ2) is 6.24. The van der Waals surface area contributed by atoms with Crippen molar-refractivity contribution in [3.8, 4) is 0 Å². The molecule has 1 aromatic rings. The Labute approximate surface area is 94.8 Å². The highest BCUT2D eigenvalue weighted by atomic mass is 16.5. The highest BCUT2D eigenvalue weighted by Gasteiger charge is 2.11. The van der Waals surface area contributed by atoms with Crippen LogP contribution in [0.3, 0.4) is 0 Å². The van der Waals surface area contributed by atoms with Gasteiger partial charge in [0.2, 0.25) is 0 Å². The molecule has 0 fully saturated rings. The maximum Gasteiger partial charge on any atom is 0.254 e. The average molecular weight is 226 g/mol. The van der Waals surface area contributed by atoms with Crippen LogP contribution in [-0.4, -0.2) is 42.0 Å². The van der Waals surface area contributed by atoms with Gasteiger partial charge in [0.15, 0.2) is 0 Å². The third-order valence-electron chi connectivity index (χ3n) is 2.27. The van der Waals surface area contributed by atoms with E-state index in [1.807, 2.05) is 6.92 Å². The predicted octanol–water partition coefficient (Wildman–Crippen LogP) is -0.566. The molecular weight excluding hydrogens is 208 g/mol. The van der Waals surface area contributed by atoms with Crippen molar-refractivity contribution in [1.82, 2.24) is 15.1 Å². The normalized spacial score (nSPS) is 10.4. The van der Waals surface area contributed by atoms with Crippen molar-refractivity contribution in [2.45, 2.75) is 6.92 Å². The number of aryl methyl sites for hydroxylation is 1. The van der Waals surface area contributed by atoms with Crippen LogP contribution in [-0.2, 0) is 11.8 Å². The quantitative estimate of drug-likeness (QED) is 0.637. The van der Waals surface area contributed by atoms with Gasteiger partial charge in [-0.1, -0.05) is 0 Å². The largest absolute Gasteiger partial charge is 0.378 e. The molecule has 0 bridgehead atoms. The Morgan fingerprint density at radius 1 is 1.62 bits per heavy atom. The summed E-state index contributed by atoms with van der Waals surface area (Å²) in [6.07, 6.45) is 1.56. The molecule has 0 aliphatic rings. The molecule has 0 radical (unpaired) electrons. The summed E-state index contributed by atoms with van der Waals surface area (Å²) in [6.45, 7) is 3.82. The smallest absolute Gasteiger partial charge is 0.254 e. The number of carbonyl (C=O) groups is 1. The molecule has 1 heterocycles. The maximum absolute atomic E-state index is 11.7. The number of ether oxygens (including phenoxy) is 1. The molecule has 0 saturated heterocycles. The molecule has 0 unspecified atom stereocenters. The molecule has 6 heteroatoms. The summed E-state index contributed by atoms with van der Waals surface area (Å²) >= 11 is 0. The first-order valence-electron chi connectivity index (χ1n) is 5.21. The Balaban J connectivity index is 2.33. The minimum Gasteiger partial charge on any atom is -0.378 e. The van der Waals surface area contributed by atoms with Gasteiger partial charge in [-0.05, 0) is 6.92 Å². The summed E-state index contributed by atoms with van der Waals surface area (Å²) in [6, 6.07) is 0. The van der Waals surface area contributed by atoms with E-state index in [2.05, 4.69) is 10.4 Å². The summed E-state index contributed by atoms with van der Waals surface area (Å²) in [5, 5.41) is 6.76. The first kappa shape index (κ1) is 12.7. The van der Waals surface area contributed by atoms with Crippen LogP contribution in [0, 0.1) is 6.92 Å². The molecule has 0 aliphatic heterocycles. The molecule has 1 amide bonds. The zero-order chi connectivity index (χ0) is 12.0. The number of hydrogen-bond acceptors (Lipinski definition) is 4. The highest BCUT2D eigenvalue weighted by Crippen LogP contribution is 2.04. The van der Waals surface area contributed by atoms with E-state index in [4.69, 9.17) is 10.5 Å². The fraction of sp³-hybridized carbons (Fsp3) is 0.600.